The number of rotatable bonds is 2. The number of sulfone groups is 1. The molecule has 1 aliphatic rings. The van der Waals surface area contributed by atoms with Gasteiger partial charge in [0.05, 0.1) is 15.5 Å². The summed E-state index contributed by atoms with van der Waals surface area (Å²) in [5.41, 5.74) is 6.69. The molecule has 1 saturated heterocycles. The van der Waals surface area contributed by atoms with Gasteiger partial charge in [-0.3, -0.25) is 0 Å². The van der Waals surface area contributed by atoms with Crippen LogP contribution in [0.5, 0.6) is 0 Å². The molecule has 1 aromatic carbocycles. The van der Waals surface area contributed by atoms with Crippen molar-refractivity contribution in [3.05, 3.63) is 34.1 Å². The fourth-order valence-electron chi connectivity index (χ4n) is 2.32. The average Bonchev–Trinajstić information content (AvgIpc) is 2.31. The molecule has 0 bridgehead atoms. The van der Waals surface area contributed by atoms with Crippen molar-refractivity contribution in [2.75, 3.05) is 5.75 Å². The molecule has 0 aliphatic carbocycles. The van der Waals surface area contributed by atoms with E-state index in [-0.39, 0.29) is 11.6 Å². The van der Waals surface area contributed by atoms with E-state index in [0.717, 1.165) is 6.42 Å². The summed E-state index contributed by atoms with van der Waals surface area (Å²) in [5.74, 6) is -0.175. The van der Waals surface area contributed by atoms with E-state index in [1.165, 1.54) is 6.07 Å². The molecule has 0 spiro atoms. The van der Waals surface area contributed by atoms with Gasteiger partial charge in [0.25, 0.3) is 0 Å². The summed E-state index contributed by atoms with van der Waals surface area (Å²) in [7, 11) is -3.13. The number of hydrogen-bond acceptors (Lipinski definition) is 3. The lowest BCUT2D eigenvalue weighted by molar-refractivity contribution is 0.504. The van der Waals surface area contributed by atoms with Gasteiger partial charge in [0.1, 0.15) is 5.82 Å². The third-order valence-electron chi connectivity index (χ3n) is 3.36. The van der Waals surface area contributed by atoms with Gasteiger partial charge in [-0.2, -0.15) is 0 Å². The third kappa shape index (κ3) is 2.75. The molecule has 100 valence electrons. The molecule has 1 aliphatic heterocycles. The molecule has 0 aromatic heterocycles. The van der Waals surface area contributed by atoms with Crippen molar-refractivity contribution < 1.29 is 12.8 Å². The Hall–Kier alpha value is -0.460. The summed E-state index contributed by atoms with van der Waals surface area (Å²) < 4.78 is 37.4. The van der Waals surface area contributed by atoms with Crippen LogP contribution in [0.2, 0.25) is 0 Å². The van der Waals surface area contributed by atoms with E-state index >= 15 is 0 Å². The van der Waals surface area contributed by atoms with Crippen LogP contribution in [0.4, 0.5) is 4.39 Å². The van der Waals surface area contributed by atoms with E-state index in [0.29, 0.717) is 22.9 Å². The summed E-state index contributed by atoms with van der Waals surface area (Å²) in [6, 6.07) is 3.82. The molecule has 2 rings (SSSR count). The zero-order chi connectivity index (χ0) is 13.3. The van der Waals surface area contributed by atoms with E-state index in [1.807, 2.05) is 0 Å². The van der Waals surface area contributed by atoms with Crippen LogP contribution >= 0.6 is 15.9 Å². The second kappa shape index (κ2) is 5.27. The molecule has 1 fully saturated rings. The highest BCUT2D eigenvalue weighted by atomic mass is 79.9. The lowest BCUT2D eigenvalue weighted by Crippen LogP contribution is -2.37. The Morgan fingerprint density at radius 3 is 2.72 bits per heavy atom. The number of benzene rings is 1. The Kier molecular flexibility index (Phi) is 4.08. The van der Waals surface area contributed by atoms with Crippen LogP contribution in [0.25, 0.3) is 0 Å². The molecule has 3 nitrogen and oxygen atoms in total. The number of nitrogens with two attached hydrogens (primary N) is 1. The molecule has 1 heterocycles. The van der Waals surface area contributed by atoms with Crippen molar-refractivity contribution in [2.24, 2.45) is 5.73 Å². The van der Waals surface area contributed by atoms with Crippen LogP contribution in [-0.2, 0) is 9.84 Å². The van der Waals surface area contributed by atoms with E-state index in [1.54, 1.807) is 12.1 Å². The second-order valence-corrected chi connectivity index (χ2v) is 7.79. The zero-order valence-corrected chi connectivity index (χ0v) is 12.2. The first-order valence-corrected chi connectivity index (χ1v) is 8.35. The van der Waals surface area contributed by atoms with Gasteiger partial charge in [-0.15, -0.1) is 0 Å². The standard InChI is InChI=1S/C12H15BrFNO2S/c13-9-7-8(4-5-10(9)14)12(15)11-3-1-2-6-18(11,16)17/h4-5,7,11-12H,1-3,6,15H2. The first kappa shape index (κ1) is 14.0. The van der Waals surface area contributed by atoms with Crippen LogP contribution in [0, 0.1) is 5.82 Å². The average molecular weight is 336 g/mol. The summed E-state index contributed by atoms with van der Waals surface area (Å²) in [5, 5.41) is -0.552. The number of halogens is 2. The highest BCUT2D eigenvalue weighted by molar-refractivity contribution is 9.10. The monoisotopic (exact) mass is 335 g/mol. The van der Waals surface area contributed by atoms with Gasteiger partial charge in [0.2, 0.25) is 0 Å². The van der Waals surface area contributed by atoms with Crippen molar-refractivity contribution in [3.8, 4) is 0 Å². The summed E-state index contributed by atoms with van der Waals surface area (Å²) in [6.45, 7) is 0. The predicted octanol–water partition coefficient (Wildman–Crippen LogP) is 2.56. The molecular formula is C12H15BrFNO2S. The van der Waals surface area contributed by atoms with Gasteiger partial charge in [0, 0.05) is 6.04 Å². The van der Waals surface area contributed by atoms with Crippen LogP contribution in [0.3, 0.4) is 0 Å². The van der Waals surface area contributed by atoms with Crippen LogP contribution in [0.1, 0.15) is 30.9 Å². The Balaban J connectivity index is 2.30. The molecule has 0 radical (unpaired) electrons. The highest BCUT2D eigenvalue weighted by Crippen LogP contribution is 2.30. The van der Waals surface area contributed by atoms with Gasteiger partial charge in [0.15, 0.2) is 9.84 Å². The van der Waals surface area contributed by atoms with E-state index < -0.39 is 21.1 Å². The van der Waals surface area contributed by atoms with Gasteiger partial charge >= 0.3 is 0 Å². The molecule has 2 N–H and O–H groups in total. The molecule has 1 aromatic rings. The minimum absolute atomic E-state index is 0.202. The smallest absolute Gasteiger partial charge is 0.155 e. The van der Waals surface area contributed by atoms with E-state index in [2.05, 4.69) is 15.9 Å². The maximum Gasteiger partial charge on any atom is 0.155 e. The van der Waals surface area contributed by atoms with Gasteiger partial charge in [-0.05, 0) is 46.5 Å². The minimum Gasteiger partial charge on any atom is -0.323 e. The number of hydrogen-bond donors (Lipinski definition) is 1. The molecular weight excluding hydrogens is 321 g/mol. The van der Waals surface area contributed by atoms with Crippen LogP contribution < -0.4 is 5.73 Å². The lowest BCUT2D eigenvalue weighted by atomic mass is 10.0. The second-order valence-electron chi connectivity index (χ2n) is 4.60. The first-order valence-electron chi connectivity index (χ1n) is 5.84. The van der Waals surface area contributed by atoms with Gasteiger partial charge < -0.3 is 5.73 Å². The molecule has 2 atom stereocenters. The molecule has 18 heavy (non-hydrogen) atoms. The Labute approximate surface area is 115 Å². The van der Waals surface area contributed by atoms with Crippen molar-refractivity contribution in [2.45, 2.75) is 30.6 Å². The highest BCUT2D eigenvalue weighted by Gasteiger charge is 2.34. The largest absolute Gasteiger partial charge is 0.323 e. The van der Waals surface area contributed by atoms with Crippen LogP contribution in [0.15, 0.2) is 22.7 Å². The Bertz CT molecular complexity index is 547. The maximum absolute atomic E-state index is 13.2. The maximum atomic E-state index is 13.2. The van der Waals surface area contributed by atoms with Crippen molar-refractivity contribution >= 4 is 25.8 Å². The van der Waals surface area contributed by atoms with Crippen molar-refractivity contribution in [1.29, 1.82) is 0 Å². The molecule has 0 amide bonds. The molecule has 2 unspecified atom stereocenters. The fraction of sp³-hybridized carbons (Fsp3) is 0.500. The molecule has 6 heteroatoms. The summed E-state index contributed by atoms with van der Waals surface area (Å²) in [6.07, 6.45) is 2.16. The van der Waals surface area contributed by atoms with E-state index in [9.17, 15) is 12.8 Å². The third-order valence-corrected chi connectivity index (χ3v) is 6.27. The van der Waals surface area contributed by atoms with Crippen molar-refractivity contribution in [3.63, 3.8) is 0 Å². The quantitative estimate of drug-likeness (QED) is 0.903. The summed E-state index contributed by atoms with van der Waals surface area (Å²) in [4.78, 5) is 0. The SMILES string of the molecule is NC(c1ccc(F)c(Br)c1)C1CCCCS1(=O)=O. The Morgan fingerprint density at radius 2 is 2.11 bits per heavy atom. The fourth-order valence-corrected chi connectivity index (χ4v) is 4.75. The van der Waals surface area contributed by atoms with E-state index in [4.69, 9.17) is 5.73 Å². The Morgan fingerprint density at radius 1 is 1.39 bits per heavy atom. The van der Waals surface area contributed by atoms with Gasteiger partial charge in [-0.25, -0.2) is 12.8 Å². The lowest BCUT2D eigenvalue weighted by Gasteiger charge is -2.27. The zero-order valence-electron chi connectivity index (χ0n) is 9.77. The minimum atomic E-state index is -3.13. The normalized spacial score (nSPS) is 24.7. The molecule has 0 saturated carbocycles. The topological polar surface area (TPSA) is 60.2 Å². The predicted molar refractivity (Wildman–Crippen MR) is 72.5 cm³/mol. The van der Waals surface area contributed by atoms with Crippen molar-refractivity contribution in [1.82, 2.24) is 0 Å². The van der Waals surface area contributed by atoms with Gasteiger partial charge in [-0.1, -0.05) is 12.5 Å². The first-order chi connectivity index (χ1) is 8.42. The summed E-state index contributed by atoms with van der Waals surface area (Å²) >= 11 is 3.09. The van der Waals surface area contributed by atoms with Crippen LogP contribution in [-0.4, -0.2) is 19.4 Å².